The highest BCUT2D eigenvalue weighted by Gasteiger charge is 1.97. The van der Waals surface area contributed by atoms with Crippen LogP contribution in [0.2, 0.25) is 0 Å². The molecule has 3 heteroatoms. The summed E-state index contributed by atoms with van der Waals surface area (Å²) in [7, 11) is 0. The Kier molecular flexibility index (Phi) is 4.58. The zero-order valence-corrected chi connectivity index (χ0v) is 6.57. The van der Waals surface area contributed by atoms with Crippen molar-refractivity contribution in [3.8, 4) is 0 Å². The van der Waals surface area contributed by atoms with Crippen LogP contribution in [0.25, 0.3) is 0 Å². The summed E-state index contributed by atoms with van der Waals surface area (Å²) in [5.74, 6) is 0.0238. The van der Waals surface area contributed by atoms with E-state index in [0.29, 0.717) is 5.25 Å². The first-order chi connectivity index (χ1) is 4.13. The average molecular weight is 148 g/mol. The number of rotatable bonds is 4. The minimum atomic E-state index is -0.705. The van der Waals surface area contributed by atoms with E-state index >= 15 is 0 Å². The highest BCUT2D eigenvalue weighted by Crippen LogP contribution is 2.09. The Bertz CT molecular complexity index is 91.1. The number of aliphatic carboxylic acids is 1. The van der Waals surface area contributed by atoms with Crippen molar-refractivity contribution >= 4 is 17.7 Å². The Balaban J connectivity index is 3.01. The zero-order chi connectivity index (χ0) is 7.28. The summed E-state index contributed by atoms with van der Waals surface area (Å²) in [5, 5.41) is 8.76. The summed E-state index contributed by atoms with van der Waals surface area (Å²) in [6, 6.07) is 0. The second kappa shape index (κ2) is 4.68. The third-order valence-corrected chi connectivity index (χ3v) is 1.87. The number of hydrogen-bond donors (Lipinski definition) is 1. The monoisotopic (exact) mass is 148 g/mol. The minimum absolute atomic E-state index is 0.281. The minimum Gasteiger partial charge on any atom is -0.481 e. The molecule has 0 fully saturated rings. The van der Waals surface area contributed by atoms with Crippen LogP contribution in [0, 0.1) is 0 Å². The first-order valence-corrected chi connectivity index (χ1v) is 4.01. The molecule has 2 nitrogen and oxygen atoms in total. The summed E-state index contributed by atoms with van der Waals surface area (Å²) >= 11 is 1.68. The summed E-state index contributed by atoms with van der Waals surface area (Å²) in [4.78, 5) is 9.97. The van der Waals surface area contributed by atoms with Crippen LogP contribution in [0.4, 0.5) is 0 Å². The van der Waals surface area contributed by atoms with E-state index in [1.54, 1.807) is 11.8 Å². The van der Waals surface area contributed by atoms with Crippen LogP contribution >= 0.6 is 11.8 Å². The maximum Gasteiger partial charge on any atom is 0.304 e. The van der Waals surface area contributed by atoms with Crippen molar-refractivity contribution < 1.29 is 9.90 Å². The van der Waals surface area contributed by atoms with Crippen molar-refractivity contribution in [1.29, 1.82) is 0 Å². The summed E-state index contributed by atoms with van der Waals surface area (Å²) in [6.07, 6.45) is 0.281. The first kappa shape index (κ1) is 8.82. The number of thioether (sulfide) groups is 1. The molecule has 0 radical (unpaired) electrons. The summed E-state index contributed by atoms with van der Waals surface area (Å²) in [6.45, 7) is 4.12. The molecule has 0 aromatic rings. The molecule has 0 aromatic heterocycles. The maximum absolute atomic E-state index is 9.97. The number of carbonyl (C=O) groups is 1. The molecule has 0 aliphatic rings. The van der Waals surface area contributed by atoms with E-state index < -0.39 is 5.97 Å². The van der Waals surface area contributed by atoms with Crippen LogP contribution in [-0.2, 0) is 4.79 Å². The van der Waals surface area contributed by atoms with Crippen LogP contribution in [0.15, 0.2) is 0 Å². The van der Waals surface area contributed by atoms with Crippen molar-refractivity contribution in [3.63, 3.8) is 0 Å². The molecule has 0 amide bonds. The third-order valence-electron chi connectivity index (χ3n) is 0.767. The standard InChI is InChI=1S/C6H12O2S/c1-5(2)9-4-3-6(7)8/h5H,3-4H2,1-2H3,(H,7,8). The molecule has 0 atom stereocenters. The lowest BCUT2D eigenvalue weighted by molar-refractivity contribution is -0.136. The van der Waals surface area contributed by atoms with Crippen LogP contribution in [0.3, 0.4) is 0 Å². The van der Waals surface area contributed by atoms with Crippen molar-refractivity contribution in [1.82, 2.24) is 0 Å². The third kappa shape index (κ3) is 7.82. The molecule has 0 heterocycles. The zero-order valence-electron chi connectivity index (χ0n) is 5.76. The highest BCUT2D eigenvalue weighted by atomic mass is 32.2. The highest BCUT2D eigenvalue weighted by molar-refractivity contribution is 7.99. The molecule has 0 saturated carbocycles. The van der Waals surface area contributed by atoms with Gasteiger partial charge in [-0.3, -0.25) is 4.79 Å². The molecule has 0 unspecified atom stereocenters. The Hall–Kier alpha value is -0.180. The summed E-state index contributed by atoms with van der Waals surface area (Å²) < 4.78 is 0. The molecule has 9 heavy (non-hydrogen) atoms. The van der Waals surface area contributed by atoms with Gasteiger partial charge in [-0.2, -0.15) is 11.8 Å². The maximum atomic E-state index is 9.97. The van der Waals surface area contributed by atoms with Gasteiger partial charge in [0.05, 0.1) is 6.42 Å². The van der Waals surface area contributed by atoms with Gasteiger partial charge in [0.2, 0.25) is 0 Å². The molecule has 0 aromatic carbocycles. The number of carboxylic acid groups (broad SMARTS) is 1. The van der Waals surface area contributed by atoms with Gasteiger partial charge in [-0.1, -0.05) is 13.8 Å². The second-order valence-electron chi connectivity index (χ2n) is 2.06. The van der Waals surface area contributed by atoms with Crippen LogP contribution < -0.4 is 0 Å². The molecule has 0 spiro atoms. The molecular formula is C6H12O2S. The Morgan fingerprint density at radius 1 is 1.67 bits per heavy atom. The van der Waals surface area contributed by atoms with Crippen LogP contribution in [-0.4, -0.2) is 22.1 Å². The predicted octanol–water partition coefficient (Wildman–Crippen LogP) is 1.60. The average Bonchev–Trinajstić information content (AvgIpc) is 1.63. The Morgan fingerprint density at radius 2 is 2.22 bits per heavy atom. The van der Waals surface area contributed by atoms with Gasteiger partial charge < -0.3 is 5.11 Å². The lowest BCUT2D eigenvalue weighted by Gasteiger charge is -2.00. The molecule has 0 bridgehead atoms. The SMILES string of the molecule is CC(C)SCCC(=O)O. The number of hydrogen-bond acceptors (Lipinski definition) is 2. The van der Waals surface area contributed by atoms with E-state index in [4.69, 9.17) is 5.11 Å². The fourth-order valence-corrected chi connectivity index (χ4v) is 1.15. The van der Waals surface area contributed by atoms with Gasteiger partial charge in [0.15, 0.2) is 0 Å². The Morgan fingerprint density at radius 3 is 2.56 bits per heavy atom. The van der Waals surface area contributed by atoms with Gasteiger partial charge in [-0.05, 0) is 5.25 Å². The second-order valence-corrected chi connectivity index (χ2v) is 3.75. The van der Waals surface area contributed by atoms with E-state index in [2.05, 4.69) is 13.8 Å². The van der Waals surface area contributed by atoms with Gasteiger partial charge >= 0.3 is 5.97 Å². The fraction of sp³-hybridized carbons (Fsp3) is 0.833. The van der Waals surface area contributed by atoms with Gasteiger partial charge in [0.25, 0.3) is 0 Å². The molecule has 0 saturated heterocycles. The van der Waals surface area contributed by atoms with Crippen molar-refractivity contribution in [3.05, 3.63) is 0 Å². The van der Waals surface area contributed by atoms with E-state index in [0.717, 1.165) is 5.75 Å². The lowest BCUT2D eigenvalue weighted by Crippen LogP contribution is -1.98. The smallest absolute Gasteiger partial charge is 0.304 e. The van der Waals surface area contributed by atoms with E-state index in [9.17, 15) is 4.79 Å². The van der Waals surface area contributed by atoms with Crippen LogP contribution in [0.5, 0.6) is 0 Å². The number of carboxylic acids is 1. The van der Waals surface area contributed by atoms with Crippen molar-refractivity contribution in [2.24, 2.45) is 0 Å². The molecule has 0 rings (SSSR count). The van der Waals surface area contributed by atoms with Gasteiger partial charge in [0, 0.05) is 5.75 Å². The van der Waals surface area contributed by atoms with E-state index in [1.807, 2.05) is 0 Å². The van der Waals surface area contributed by atoms with E-state index in [1.165, 1.54) is 0 Å². The molecular weight excluding hydrogens is 136 g/mol. The largest absolute Gasteiger partial charge is 0.481 e. The van der Waals surface area contributed by atoms with Gasteiger partial charge in [-0.15, -0.1) is 0 Å². The topological polar surface area (TPSA) is 37.3 Å². The Labute approximate surface area is 59.6 Å². The molecule has 54 valence electrons. The molecule has 1 N–H and O–H groups in total. The fourth-order valence-electron chi connectivity index (χ4n) is 0.382. The normalized spacial score (nSPS) is 10.1. The van der Waals surface area contributed by atoms with Gasteiger partial charge in [-0.25, -0.2) is 0 Å². The van der Waals surface area contributed by atoms with Gasteiger partial charge in [0.1, 0.15) is 0 Å². The van der Waals surface area contributed by atoms with E-state index in [-0.39, 0.29) is 6.42 Å². The van der Waals surface area contributed by atoms with Crippen LogP contribution in [0.1, 0.15) is 20.3 Å². The van der Waals surface area contributed by atoms with Crippen molar-refractivity contribution in [2.75, 3.05) is 5.75 Å². The predicted molar refractivity (Wildman–Crippen MR) is 39.8 cm³/mol. The first-order valence-electron chi connectivity index (χ1n) is 2.96. The summed E-state index contributed by atoms with van der Waals surface area (Å²) in [5.41, 5.74) is 0. The quantitative estimate of drug-likeness (QED) is 0.658. The molecule has 0 aliphatic heterocycles. The van der Waals surface area contributed by atoms with Crippen molar-refractivity contribution in [2.45, 2.75) is 25.5 Å². The lowest BCUT2D eigenvalue weighted by atomic mass is 10.5. The molecule has 0 aliphatic carbocycles.